The van der Waals surface area contributed by atoms with Gasteiger partial charge in [0, 0.05) is 18.7 Å². The number of fused-ring (bicyclic) bond motifs is 3. The third-order valence-corrected chi connectivity index (χ3v) is 15.1. The fourth-order valence-electron chi connectivity index (χ4n) is 11.7. The van der Waals surface area contributed by atoms with E-state index in [1.807, 2.05) is 65.6 Å². The lowest BCUT2D eigenvalue weighted by molar-refractivity contribution is -0.179. The molecule has 7 atom stereocenters. The van der Waals surface area contributed by atoms with Gasteiger partial charge in [0.1, 0.15) is 35.0 Å². The Labute approximate surface area is 404 Å². The normalized spacial score (nSPS) is 26.1. The highest BCUT2D eigenvalue weighted by atomic mass is 16.6. The van der Waals surface area contributed by atoms with Crippen LogP contribution in [0.25, 0.3) is 0 Å². The van der Waals surface area contributed by atoms with Crippen molar-refractivity contribution >= 4 is 35.5 Å². The first-order valence-corrected chi connectivity index (χ1v) is 24.7. The number of carbonyl (C=O) groups excluding carboxylic acids is 5. The minimum absolute atomic E-state index is 0.0360. The molecular weight excluding hydrogens is 873 g/mol. The average Bonchev–Trinajstić information content (AvgIpc) is 3.68. The number of methoxy groups -OCH3 is 1. The highest BCUT2D eigenvalue weighted by Crippen LogP contribution is 2.66. The summed E-state index contributed by atoms with van der Waals surface area (Å²) in [6.45, 7) is 4.30. The lowest BCUT2D eigenvalue weighted by Crippen LogP contribution is -2.58. The van der Waals surface area contributed by atoms with Crippen LogP contribution >= 0.6 is 0 Å². The van der Waals surface area contributed by atoms with E-state index in [9.17, 15) is 15.0 Å². The Bertz CT molecular complexity index is 2610. The number of esters is 2. The molecule has 4 fully saturated rings. The maximum Gasteiger partial charge on any atom is 0.329 e. The molecule has 3 saturated heterocycles. The number of aliphatic hydroxyl groups is 1. The SMILES string of the molecule is COC(=O)[C@@H](NC(=O)N1C(=O)[C@@]2(c3cc(C#CC4(O)CCCCCC4)ccc31)[C@H](c1ccc(O)cc1)N1[C@H](c3ccccc3)[C@H](c3ccccc3)OC(=O)[C@H]1[C@@H]2C(=O)N1CCCCCCC1)C(C)C. The van der Waals surface area contributed by atoms with E-state index in [2.05, 4.69) is 17.2 Å². The molecule has 13 nitrogen and oxygen atoms in total. The van der Waals surface area contributed by atoms with Gasteiger partial charge in [0.2, 0.25) is 11.8 Å². The van der Waals surface area contributed by atoms with Gasteiger partial charge in [-0.25, -0.2) is 14.5 Å². The van der Waals surface area contributed by atoms with Crippen molar-refractivity contribution in [1.29, 1.82) is 0 Å². The van der Waals surface area contributed by atoms with E-state index in [0.717, 1.165) is 68.3 Å². The fourth-order valence-corrected chi connectivity index (χ4v) is 11.7. The summed E-state index contributed by atoms with van der Waals surface area (Å²) in [5, 5.41) is 25.4. The molecule has 1 saturated carbocycles. The number of phenols is 1. The van der Waals surface area contributed by atoms with Gasteiger partial charge in [0.15, 0.2) is 0 Å². The number of likely N-dealkylation sites (tertiary alicyclic amines) is 1. The van der Waals surface area contributed by atoms with Crippen molar-refractivity contribution in [3.63, 3.8) is 0 Å². The lowest BCUT2D eigenvalue weighted by Gasteiger charge is -2.46. The minimum atomic E-state index is -2.04. The Morgan fingerprint density at radius 3 is 2.00 bits per heavy atom. The summed E-state index contributed by atoms with van der Waals surface area (Å²) in [4.78, 5) is 81.6. The van der Waals surface area contributed by atoms with Crippen molar-refractivity contribution in [2.24, 2.45) is 11.8 Å². The summed E-state index contributed by atoms with van der Waals surface area (Å²) >= 11 is 0. The predicted octanol–water partition coefficient (Wildman–Crippen LogP) is 8.19. The molecule has 13 heteroatoms. The van der Waals surface area contributed by atoms with E-state index in [1.165, 1.54) is 19.2 Å². The van der Waals surface area contributed by atoms with Crippen LogP contribution in [0.5, 0.6) is 5.75 Å². The van der Waals surface area contributed by atoms with Gasteiger partial charge < -0.3 is 29.9 Å². The van der Waals surface area contributed by atoms with Gasteiger partial charge in [-0.15, -0.1) is 0 Å². The Hall–Kier alpha value is -6.49. The molecule has 5 aliphatic rings. The highest BCUT2D eigenvalue weighted by Gasteiger charge is 2.76. The number of urea groups is 1. The number of morpholine rings is 1. The van der Waals surface area contributed by atoms with Crippen LogP contribution < -0.4 is 10.2 Å². The number of benzene rings is 4. The third-order valence-electron chi connectivity index (χ3n) is 15.1. The zero-order valence-corrected chi connectivity index (χ0v) is 39.6. The summed E-state index contributed by atoms with van der Waals surface area (Å²) in [5.74, 6) is 1.88. The van der Waals surface area contributed by atoms with Gasteiger partial charge in [-0.3, -0.25) is 19.3 Å². The number of carbonyl (C=O) groups is 5. The topological polar surface area (TPSA) is 166 Å². The van der Waals surface area contributed by atoms with Crippen LogP contribution in [0.3, 0.4) is 0 Å². The van der Waals surface area contributed by atoms with Crippen LogP contribution in [0.4, 0.5) is 10.5 Å². The molecule has 4 aromatic rings. The number of ether oxygens (including phenoxy) is 2. The Kier molecular flexibility index (Phi) is 13.7. The van der Waals surface area contributed by atoms with Crippen LogP contribution in [0, 0.1) is 23.7 Å². The van der Waals surface area contributed by atoms with Gasteiger partial charge in [-0.1, -0.05) is 131 Å². The highest BCUT2D eigenvalue weighted by molar-refractivity contribution is 6.25. The number of rotatable bonds is 7. The van der Waals surface area contributed by atoms with E-state index >= 15 is 19.2 Å². The van der Waals surface area contributed by atoms with E-state index in [4.69, 9.17) is 9.47 Å². The number of imide groups is 1. The van der Waals surface area contributed by atoms with Gasteiger partial charge in [-0.2, -0.15) is 0 Å². The molecule has 0 bridgehead atoms. The van der Waals surface area contributed by atoms with Gasteiger partial charge in [-0.05, 0) is 97.0 Å². The molecule has 69 heavy (non-hydrogen) atoms. The van der Waals surface area contributed by atoms with E-state index in [-0.39, 0.29) is 17.0 Å². The molecule has 3 N–H and O–H groups in total. The van der Waals surface area contributed by atoms with Crippen LogP contribution in [-0.2, 0) is 34.1 Å². The maximum absolute atomic E-state index is 16.7. The third kappa shape index (κ3) is 8.78. The molecule has 4 aromatic carbocycles. The molecule has 0 unspecified atom stereocenters. The number of aromatic hydroxyl groups is 1. The van der Waals surface area contributed by atoms with Crippen LogP contribution in [0.1, 0.15) is 130 Å². The zero-order valence-electron chi connectivity index (χ0n) is 39.6. The molecule has 1 spiro atoms. The van der Waals surface area contributed by atoms with Crippen molar-refractivity contribution in [2.75, 3.05) is 25.1 Å². The molecule has 0 radical (unpaired) electrons. The maximum atomic E-state index is 16.7. The number of cyclic esters (lactones) is 1. The quantitative estimate of drug-likeness (QED) is 0.0935. The predicted molar refractivity (Wildman–Crippen MR) is 258 cm³/mol. The molecule has 4 aliphatic heterocycles. The van der Waals surface area contributed by atoms with Crippen LogP contribution in [0.15, 0.2) is 103 Å². The number of hydrogen-bond acceptors (Lipinski definition) is 10. The number of anilines is 1. The van der Waals surface area contributed by atoms with Crippen molar-refractivity contribution in [2.45, 2.75) is 126 Å². The number of hydrogen-bond donors (Lipinski definition) is 3. The van der Waals surface area contributed by atoms with Crippen molar-refractivity contribution < 1.29 is 43.7 Å². The Morgan fingerprint density at radius 1 is 0.768 bits per heavy atom. The number of nitrogens with one attached hydrogen (secondary N) is 1. The fraction of sp³-hybridized carbons (Fsp3) is 0.446. The summed E-state index contributed by atoms with van der Waals surface area (Å²) in [5.41, 5.74) is -0.434. The summed E-state index contributed by atoms with van der Waals surface area (Å²) in [6.07, 6.45) is 8.05. The number of amides is 4. The Morgan fingerprint density at radius 2 is 1.38 bits per heavy atom. The van der Waals surface area contributed by atoms with Crippen molar-refractivity contribution in [3.05, 3.63) is 131 Å². The molecule has 0 aromatic heterocycles. The van der Waals surface area contributed by atoms with Gasteiger partial charge >= 0.3 is 18.0 Å². The van der Waals surface area contributed by atoms with Gasteiger partial charge in [0.05, 0.1) is 30.8 Å². The second-order valence-electron chi connectivity index (χ2n) is 19.7. The van der Waals surface area contributed by atoms with Crippen molar-refractivity contribution in [3.8, 4) is 17.6 Å². The van der Waals surface area contributed by atoms with E-state index in [0.29, 0.717) is 42.6 Å². The zero-order chi connectivity index (χ0) is 48.5. The molecule has 4 amide bonds. The second kappa shape index (κ2) is 19.9. The standard InChI is InChI=1S/C56H62N4O9/c1-36(2)45(51(63)68-3)57-54(66)59-43-28-23-37(29-32-55(67)30-15-5-6-16-31-55)35-42(43)56(53(59)65)44(50(62)58-33-17-7-4-8-18-34-58)47-52(64)69-48(39-21-13-10-14-22-39)46(38-19-11-9-12-20-38)60(47)49(56)40-24-26-41(61)27-25-40/h9-14,19-28,35-36,44-49,61,67H,4-8,15-18,30-31,33-34H2,1-3H3,(H,57,66)/t44-,45+,46-,47-,48+,49+,56-/m1/s1. The second-order valence-corrected chi connectivity index (χ2v) is 19.7. The van der Waals surface area contributed by atoms with E-state index in [1.54, 1.807) is 49.1 Å². The molecular formula is C56H62N4O9. The number of nitrogens with zero attached hydrogens (tertiary/aromatic N) is 3. The average molecular weight is 935 g/mol. The van der Waals surface area contributed by atoms with E-state index < -0.39 is 82.9 Å². The monoisotopic (exact) mass is 934 g/mol. The minimum Gasteiger partial charge on any atom is -0.508 e. The number of phenolic OH excluding ortho intramolecular Hbond substituents is 1. The molecule has 9 rings (SSSR count). The van der Waals surface area contributed by atoms with Crippen LogP contribution in [0.2, 0.25) is 0 Å². The Balaban J connectivity index is 1.35. The molecule has 1 aliphatic carbocycles. The molecule has 360 valence electrons. The smallest absolute Gasteiger partial charge is 0.329 e. The van der Waals surface area contributed by atoms with Crippen LogP contribution in [-0.4, -0.2) is 87.7 Å². The largest absolute Gasteiger partial charge is 0.508 e. The molecule has 4 heterocycles. The first-order chi connectivity index (χ1) is 33.4. The summed E-state index contributed by atoms with van der Waals surface area (Å²) in [6, 6.07) is 25.1. The first-order valence-electron chi connectivity index (χ1n) is 24.7. The van der Waals surface area contributed by atoms with Crippen molar-refractivity contribution in [1.82, 2.24) is 15.1 Å². The lowest BCUT2D eigenvalue weighted by atomic mass is 9.64. The first kappa shape index (κ1) is 47.6. The van der Waals surface area contributed by atoms with Gasteiger partial charge in [0.25, 0.3) is 0 Å². The summed E-state index contributed by atoms with van der Waals surface area (Å²) in [7, 11) is 1.23. The summed E-state index contributed by atoms with van der Waals surface area (Å²) < 4.78 is 11.8.